The molecule has 1 N–H and O–H groups in total. The highest BCUT2D eigenvalue weighted by molar-refractivity contribution is 5.28. The Bertz CT molecular complexity index is 331. The fraction of sp³-hybridized carbons (Fsp3) is 0.769. The summed E-state index contributed by atoms with van der Waals surface area (Å²) >= 11 is 0. The number of imidazole rings is 1. The summed E-state index contributed by atoms with van der Waals surface area (Å²) in [6, 6.07) is 0.480. The topological polar surface area (TPSA) is 33.1 Å². The zero-order valence-electron chi connectivity index (χ0n) is 12.0. The van der Waals surface area contributed by atoms with Gasteiger partial charge in [-0.15, -0.1) is 0 Å². The standard InChI is InChI=1S/C13H26N4/c1-10(2)7-12(9-16(5)6)17-8-11(3)15-13(17)14-4/h8,10,12H,7,9H2,1-6H3,(H,14,15). The van der Waals surface area contributed by atoms with Gasteiger partial charge in [0.1, 0.15) is 0 Å². The van der Waals surface area contributed by atoms with E-state index in [9.17, 15) is 0 Å². The van der Waals surface area contributed by atoms with Gasteiger partial charge >= 0.3 is 0 Å². The van der Waals surface area contributed by atoms with Crippen molar-refractivity contribution < 1.29 is 0 Å². The van der Waals surface area contributed by atoms with Gasteiger partial charge in [0, 0.05) is 25.8 Å². The van der Waals surface area contributed by atoms with Crippen LogP contribution in [0.25, 0.3) is 0 Å². The van der Waals surface area contributed by atoms with Crippen LogP contribution < -0.4 is 5.32 Å². The Balaban J connectivity index is 2.93. The Hall–Kier alpha value is -1.03. The van der Waals surface area contributed by atoms with E-state index < -0.39 is 0 Å². The second kappa shape index (κ2) is 6.05. The van der Waals surface area contributed by atoms with Crippen LogP contribution in [0.15, 0.2) is 6.20 Å². The van der Waals surface area contributed by atoms with Gasteiger partial charge in [0.2, 0.25) is 5.95 Å². The summed E-state index contributed by atoms with van der Waals surface area (Å²) < 4.78 is 2.27. The van der Waals surface area contributed by atoms with Crippen LogP contribution in [0, 0.1) is 12.8 Å². The van der Waals surface area contributed by atoms with Crippen molar-refractivity contribution in [2.75, 3.05) is 33.0 Å². The quantitative estimate of drug-likeness (QED) is 0.826. The average molecular weight is 238 g/mol. The molecule has 0 spiro atoms. The minimum Gasteiger partial charge on any atom is -0.359 e. The van der Waals surface area contributed by atoms with Gasteiger partial charge < -0.3 is 14.8 Å². The number of anilines is 1. The van der Waals surface area contributed by atoms with E-state index in [1.165, 1.54) is 6.42 Å². The van der Waals surface area contributed by atoms with E-state index in [1.54, 1.807) is 0 Å². The van der Waals surface area contributed by atoms with E-state index in [0.29, 0.717) is 12.0 Å². The number of hydrogen-bond acceptors (Lipinski definition) is 3. The predicted octanol–water partition coefficient (Wildman–Crippen LogP) is 2.38. The SMILES string of the molecule is CNc1nc(C)cn1C(CC(C)C)CN(C)C. The van der Waals surface area contributed by atoms with Gasteiger partial charge in [0.15, 0.2) is 0 Å². The molecule has 1 atom stereocenters. The second-order valence-corrected chi connectivity index (χ2v) is 5.41. The lowest BCUT2D eigenvalue weighted by molar-refractivity contribution is 0.290. The molecule has 0 saturated carbocycles. The minimum atomic E-state index is 0.480. The van der Waals surface area contributed by atoms with E-state index in [2.05, 4.69) is 53.9 Å². The Morgan fingerprint density at radius 1 is 1.41 bits per heavy atom. The van der Waals surface area contributed by atoms with Crippen LogP contribution in [-0.2, 0) is 0 Å². The fourth-order valence-corrected chi connectivity index (χ4v) is 2.22. The third-order valence-corrected chi connectivity index (χ3v) is 2.79. The lowest BCUT2D eigenvalue weighted by Gasteiger charge is -2.25. The molecule has 0 aliphatic rings. The van der Waals surface area contributed by atoms with Gasteiger partial charge in [0.25, 0.3) is 0 Å². The monoisotopic (exact) mass is 238 g/mol. The van der Waals surface area contributed by atoms with Crippen LogP contribution in [-0.4, -0.2) is 42.1 Å². The molecule has 0 saturated heterocycles. The molecule has 1 aromatic rings. The highest BCUT2D eigenvalue weighted by atomic mass is 15.2. The summed E-state index contributed by atoms with van der Waals surface area (Å²) in [6.07, 6.45) is 3.31. The molecule has 0 aliphatic carbocycles. The number of nitrogens with one attached hydrogen (secondary N) is 1. The van der Waals surface area contributed by atoms with Crippen LogP contribution in [0.2, 0.25) is 0 Å². The summed E-state index contributed by atoms with van der Waals surface area (Å²) in [5.74, 6) is 1.65. The van der Waals surface area contributed by atoms with Crippen molar-refractivity contribution in [3.63, 3.8) is 0 Å². The number of likely N-dealkylation sites (N-methyl/N-ethyl adjacent to an activating group) is 1. The normalized spacial score (nSPS) is 13.4. The highest BCUT2D eigenvalue weighted by Crippen LogP contribution is 2.23. The van der Waals surface area contributed by atoms with Gasteiger partial charge in [-0.25, -0.2) is 4.98 Å². The Kier molecular flexibility index (Phi) is 5.00. The summed E-state index contributed by atoms with van der Waals surface area (Å²) in [4.78, 5) is 6.74. The molecule has 0 aliphatic heterocycles. The van der Waals surface area contributed by atoms with Gasteiger partial charge in [-0.1, -0.05) is 13.8 Å². The van der Waals surface area contributed by atoms with E-state index in [0.717, 1.165) is 18.2 Å². The van der Waals surface area contributed by atoms with Crippen LogP contribution in [0.4, 0.5) is 5.95 Å². The molecule has 1 unspecified atom stereocenters. The summed E-state index contributed by atoms with van der Waals surface area (Å²) in [7, 11) is 6.17. The Morgan fingerprint density at radius 2 is 2.06 bits per heavy atom. The Morgan fingerprint density at radius 3 is 2.53 bits per heavy atom. The molecule has 0 fully saturated rings. The number of rotatable bonds is 6. The Labute approximate surface area is 105 Å². The maximum Gasteiger partial charge on any atom is 0.203 e. The van der Waals surface area contributed by atoms with Gasteiger partial charge in [0.05, 0.1) is 5.69 Å². The van der Waals surface area contributed by atoms with Crippen LogP contribution in [0.5, 0.6) is 0 Å². The van der Waals surface area contributed by atoms with Crippen molar-refractivity contribution in [3.8, 4) is 0 Å². The first-order chi connectivity index (χ1) is 7.93. The van der Waals surface area contributed by atoms with Crippen LogP contribution in [0.1, 0.15) is 32.0 Å². The molecule has 4 nitrogen and oxygen atoms in total. The lowest BCUT2D eigenvalue weighted by Crippen LogP contribution is -2.26. The van der Waals surface area contributed by atoms with Gasteiger partial charge in [-0.2, -0.15) is 0 Å². The van der Waals surface area contributed by atoms with Crippen LogP contribution >= 0.6 is 0 Å². The summed E-state index contributed by atoms with van der Waals surface area (Å²) in [6.45, 7) is 7.62. The van der Waals surface area contributed by atoms with Crippen molar-refractivity contribution in [1.29, 1.82) is 0 Å². The largest absolute Gasteiger partial charge is 0.359 e. The molecule has 0 radical (unpaired) electrons. The van der Waals surface area contributed by atoms with Crippen LogP contribution in [0.3, 0.4) is 0 Å². The molecule has 1 aromatic heterocycles. The van der Waals surface area contributed by atoms with Crippen molar-refractivity contribution in [2.45, 2.75) is 33.2 Å². The van der Waals surface area contributed by atoms with Gasteiger partial charge in [-0.3, -0.25) is 0 Å². The lowest BCUT2D eigenvalue weighted by atomic mass is 10.0. The van der Waals surface area contributed by atoms with E-state index in [1.807, 2.05) is 14.0 Å². The maximum atomic E-state index is 4.50. The molecule has 4 heteroatoms. The number of aromatic nitrogens is 2. The smallest absolute Gasteiger partial charge is 0.203 e. The van der Waals surface area contributed by atoms with Crippen molar-refractivity contribution in [3.05, 3.63) is 11.9 Å². The molecule has 0 amide bonds. The number of nitrogens with zero attached hydrogens (tertiary/aromatic N) is 3. The molecule has 98 valence electrons. The summed E-state index contributed by atoms with van der Waals surface area (Å²) in [5, 5.41) is 3.18. The van der Waals surface area contributed by atoms with Crippen molar-refractivity contribution in [2.24, 2.45) is 5.92 Å². The van der Waals surface area contributed by atoms with Crippen molar-refractivity contribution >= 4 is 5.95 Å². The first-order valence-electron chi connectivity index (χ1n) is 6.32. The number of aryl methyl sites for hydroxylation is 1. The third-order valence-electron chi connectivity index (χ3n) is 2.79. The third kappa shape index (κ3) is 4.04. The predicted molar refractivity (Wildman–Crippen MR) is 73.6 cm³/mol. The first-order valence-corrected chi connectivity index (χ1v) is 6.32. The molecule has 1 rings (SSSR count). The zero-order valence-corrected chi connectivity index (χ0v) is 12.0. The highest BCUT2D eigenvalue weighted by Gasteiger charge is 2.17. The summed E-state index contributed by atoms with van der Waals surface area (Å²) in [5.41, 5.74) is 1.07. The zero-order chi connectivity index (χ0) is 13.0. The molecule has 0 bridgehead atoms. The molecular weight excluding hydrogens is 212 g/mol. The molecule has 17 heavy (non-hydrogen) atoms. The molecule has 1 heterocycles. The molecule has 0 aromatic carbocycles. The maximum absolute atomic E-state index is 4.50. The second-order valence-electron chi connectivity index (χ2n) is 5.41. The molecular formula is C13H26N4. The number of hydrogen-bond donors (Lipinski definition) is 1. The average Bonchev–Trinajstić information content (AvgIpc) is 2.57. The first kappa shape index (κ1) is 14.0. The van der Waals surface area contributed by atoms with E-state index in [-0.39, 0.29) is 0 Å². The van der Waals surface area contributed by atoms with Gasteiger partial charge in [-0.05, 0) is 33.4 Å². The van der Waals surface area contributed by atoms with Crippen molar-refractivity contribution in [1.82, 2.24) is 14.5 Å². The van der Waals surface area contributed by atoms with E-state index >= 15 is 0 Å². The minimum absolute atomic E-state index is 0.480. The van der Waals surface area contributed by atoms with E-state index in [4.69, 9.17) is 0 Å². The fourth-order valence-electron chi connectivity index (χ4n) is 2.22.